The maximum absolute atomic E-state index is 5.65. The highest BCUT2D eigenvalue weighted by atomic mass is 79.9. The number of hydrogen-bond acceptors (Lipinski definition) is 3. The van der Waals surface area contributed by atoms with Crippen molar-refractivity contribution < 1.29 is 0 Å². The molecule has 1 aromatic carbocycles. The molecule has 0 radical (unpaired) electrons. The predicted octanol–water partition coefficient (Wildman–Crippen LogP) is 3.37. The second-order valence-electron chi connectivity index (χ2n) is 3.62. The zero-order valence-electron chi connectivity index (χ0n) is 8.91. The highest BCUT2D eigenvalue weighted by molar-refractivity contribution is 9.10. The Bertz CT molecular complexity index is 464. The topological polar surface area (TPSA) is 38.0 Å². The van der Waals surface area contributed by atoms with Crippen LogP contribution < -0.4 is 11.3 Å². The van der Waals surface area contributed by atoms with E-state index < -0.39 is 0 Å². The fourth-order valence-electron chi connectivity index (χ4n) is 1.66. The molecule has 1 unspecified atom stereocenters. The minimum Gasteiger partial charge on any atom is -0.271 e. The third kappa shape index (κ3) is 2.35. The average molecular weight is 297 g/mol. The molecule has 0 saturated heterocycles. The van der Waals surface area contributed by atoms with Crippen LogP contribution in [0, 0.1) is 6.92 Å². The number of benzene rings is 1. The van der Waals surface area contributed by atoms with Gasteiger partial charge in [-0.1, -0.05) is 28.1 Å². The van der Waals surface area contributed by atoms with Crippen LogP contribution >= 0.6 is 27.3 Å². The SMILES string of the molecule is Cc1ccsc1C(NN)c1ccc(Br)cc1. The van der Waals surface area contributed by atoms with Gasteiger partial charge in [0.05, 0.1) is 6.04 Å². The summed E-state index contributed by atoms with van der Waals surface area (Å²) in [4.78, 5) is 1.27. The second-order valence-corrected chi connectivity index (χ2v) is 5.48. The first-order chi connectivity index (χ1) is 7.72. The van der Waals surface area contributed by atoms with Crippen molar-refractivity contribution in [3.8, 4) is 0 Å². The molecule has 1 heterocycles. The molecule has 3 N–H and O–H groups in total. The van der Waals surface area contributed by atoms with Crippen molar-refractivity contribution in [1.82, 2.24) is 5.43 Å². The molecular formula is C12H13BrN2S. The monoisotopic (exact) mass is 296 g/mol. The van der Waals surface area contributed by atoms with Gasteiger partial charge in [0.1, 0.15) is 0 Å². The van der Waals surface area contributed by atoms with E-state index in [1.807, 2.05) is 12.1 Å². The lowest BCUT2D eigenvalue weighted by Crippen LogP contribution is -2.28. The van der Waals surface area contributed by atoms with Crippen LogP contribution in [0.1, 0.15) is 22.0 Å². The van der Waals surface area contributed by atoms with E-state index in [2.05, 4.69) is 51.9 Å². The summed E-state index contributed by atoms with van der Waals surface area (Å²) in [6.07, 6.45) is 0. The molecule has 4 heteroatoms. The van der Waals surface area contributed by atoms with Gasteiger partial charge in [-0.2, -0.15) is 0 Å². The van der Waals surface area contributed by atoms with Crippen LogP contribution in [0.2, 0.25) is 0 Å². The zero-order chi connectivity index (χ0) is 11.5. The summed E-state index contributed by atoms with van der Waals surface area (Å²) >= 11 is 5.16. The van der Waals surface area contributed by atoms with E-state index in [0.29, 0.717) is 0 Å². The van der Waals surface area contributed by atoms with Crippen LogP contribution in [0.5, 0.6) is 0 Å². The van der Waals surface area contributed by atoms with Gasteiger partial charge in [-0.25, -0.2) is 5.43 Å². The van der Waals surface area contributed by atoms with Crippen molar-refractivity contribution in [3.63, 3.8) is 0 Å². The molecule has 84 valence electrons. The summed E-state index contributed by atoms with van der Waals surface area (Å²) in [6.45, 7) is 2.11. The van der Waals surface area contributed by atoms with Gasteiger partial charge in [0, 0.05) is 9.35 Å². The maximum Gasteiger partial charge on any atom is 0.0805 e. The van der Waals surface area contributed by atoms with E-state index in [9.17, 15) is 0 Å². The number of nitrogens with one attached hydrogen (secondary N) is 1. The van der Waals surface area contributed by atoms with Crippen LogP contribution in [-0.2, 0) is 0 Å². The molecule has 0 aliphatic rings. The first-order valence-corrected chi connectivity index (χ1v) is 6.65. The van der Waals surface area contributed by atoms with E-state index in [1.165, 1.54) is 16.0 Å². The van der Waals surface area contributed by atoms with Crippen molar-refractivity contribution in [2.75, 3.05) is 0 Å². The molecule has 2 nitrogen and oxygen atoms in total. The van der Waals surface area contributed by atoms with E-state index in [4.69, 9.17) is 5.84 Å². The lowest BCUT2D eigenvalue weighted by Gasteiger charge is -2.16. The van der Waals surface area contributed by atoms with Crippen LogP contribution in [0.4, 0.5) is 0 Å². The molecule has 1 atom stereocenters. The first-order valence-electron chi connectivity index (χ1n) is 4.98. The molecule has 2 rings (SSSR count). The molecule has 0 spiro atoms. The Balaban J connectivity index is 2.37. The normalized spacial score (nSPS) is 12.7. The van der Waals surface area contributed by atoms with Crippen LogP contribution in [0.15, 0.2) is 40.2 Å². The second kappa shape index (κ2) is 5.10. The summed E-state index contributed by atoms with van der Waals surface area (Å²) in [5, 5.41) is 2.09. The summed E-state index contributed by atoms with van der Waals surface area (Å²) in [6, 6.07) is 10.4. The smallest absolute Gasteiger partial charge is 0.0805 e. The molecule has 1 aromatic heterocycles. The zero-order valence-corrected chi connectivity index (χ0v) is 11.3. The Labute approximate surface area is 108 Å². The van der Waals surface area contributed by atoms with E-state index >= 15 is 0 Å². The summed E-state index contributed by atoms with van der Waals surface area (Å²) in [5.74, 6) is 5.65. The molecule has 2 aromatic rings. The van der Waals surface area contributed by atoms with Gasteiger partial charge in [0.25, 0.3) is 0 Å². The number of aryl methyl sites for hydroxylation is 1. The molecule has 0 aliphatic heterocycles. The molecule has 0 aliphatic carbocycles. The Kier molecular flexibility index (Phi) is 3.76. The Morgan fingerprint density at radius 3 is 2.44 bits per heavy atom. The Morgan fingerprint density at radius 2 is 1.94 bits per heavy atom. The van der Waals surface area contributed by atoms with Crippen molar-refractivity contribution in [2.24, 2.45) is 5.84 Å². The quantitative estimate of drug-likeness (QED) is 0.673. The van der Waals surface area contributed by atoms with Gasteiger partial charge in [0.15, 0.2) is 0 Å². The van der Waals surface area contributed by atoms with Gasteiger partial charge in [-0.3, -0.25) is 5.84 Å². The molecule has 0 amide bonds. The number of thiophene rings is 1. The van der Waals surface area contributed by atoms with Crippen molar-refractivity contribution in [2.45, 2.75) is 13.0 Å². The van der Waals surface area contributed by atoms with Gasteiger partial charge in [-0.15, -0.1) is 11.3 Å². The van der Waals surface area contributed by atoms with Gasteiger partial charge in [0.2, 0.25) is 0 Å². The average Bonchev–Trinajstić information content (AvgIpc) is 2.69. The number of nitrogens with two attached hydrogens (primary N) is 1. The van der Waals surface area contributed by atoms with Crippen LogP contribution in [0.3, 0.4) is 0 Å². The predicted molar refractivity (Wildman–Crippen MR) is 72.4 cm³/mol. The van der Waals surface area contributed by atoms with Crippen molar-refractivity contribution in [1.29, 1.82) is 0 Å². The van der Waals surface area contributed by atoms with E-state index in [0.717, 1.165) is 4.47 Å². The highest BCUT2D eigenvalue weighted by Crippen LogP contribution is 2.29. The molecule has 16 heavy (non-hydrogen) atoms. The lowest BCUT2D eigenvalue weighted by molar-refractivity contribution is 0.644. The molecule has 0 bridgehead atoms. The largest absolute Gasteiger partial charge is 0.271 e. The van der Waals surface area contributed by atoms with Crippen molar-refractivity contribution >= 4 is 27.3 Å². The fourth-order valence-corrected chi connectivity index (χ4v) is 2.94. The summed E-state index contributed by atoms with van der Waals surface area (Å²) in [7, 11) is 0. The van der Waals surface area contributed by atoms with Crippen LogP contribution in [-0.4, -0.2) is 0 Å². The summed E-state index contributed by atoms with van der Waals surface area (Å²) < 4.78 is 1.08. The third-order valence-electron chi connectivity index (χ3n) is 2.53. The summed E-state index contributed by atoms with van der Waals surface area (Å²) in [5.41, 5.74) is 5.33. The standard InChI is InChI=1S/C12H13BrN2S/c1-8-6-7-16-12(8)11(15-14)9-2-4-10(13)5-3-9/h2-7,11,15H,14H2,1H3. The first kappa shape index (κ1) is 11.8. The minimum absolute atomic E-state index is 0.0769. The number of hydrogen-bond donors (Lipinski definition) is 2. The number of hydrazine groups is 1. The van der Waals surface area contributed by atoms with Gasteiger partial charge >= 0.3 is 0 Å². The lowest BCUT2D eigenvalue weighted by atomic mass is 10.0. The highest BCUT2D eigenvalue weighted by Gasteiger charge is 2.15. The Hall–Kier alpha value is -0.680. The number of halogens is 1. The molecular weight excluding hydrogens is 284 g/mol. The van der Waals surface area contributed by atoms with E-state index in [-0.39, 0.29) is 6.04 Å². The molecule has 0 fully saturated rings. The molecule has 0 saturated carbocycles. The Morgan fingerprint density at radius 1 is 1.25 bits per heavy atom. The minimum atomic E-state index is 0.0769. The number of rotatable bonds is 3. The fraction of sp³-hybridized carbons (Fsp3) is 0.167. The van der Waals surface area contributed by atoms with Gasteiger partial charge < -0.3 is 0 Å². The van der Waals surface area contributed by atoms with E-state index in [1.54, 1.807) is 11.3 Å². The van der Waals surface area contributed by atoms with Gasteiger partial charge in [-0.05, 0) is 41.6 Å². The third-order valence-corrected chi connectivity index (χ3v) is 4.15. The van der Waals surface area contributed by atoms with Crippen LogP contribution in [0.25, 0.3) is 0 Å². The van der Waals surface area contributed by atoms with Crippen molar-refractivity contribution in [3.05, 3.63) is 56.2 Å². The maximum atomic E-state index is 5.65.